The fraction of sp³-hybridized carbons (Fsp3) is 0.444. The van der Waals surface area contributed by atoms with E-state index in [0.29, 0.717) is 5.75 Å². The zero-order valence-corrected chi connectivity index (χ0v) is 10.4. The van der Waals surface area contributed by atoms with Crippen LogP contribution in [0.2, 0.25) is 0 Å². The molecule has 0 unspecified atom stereocenters. The van der Waals surface area contributed by atoms with Crippen LogP contribution in [0.4, 0.5) is 9.59 Å². The van der Waals surface area contributed by atoms with Crippen LogP contribution in [0, 0.1) is 0 Å². The van der Waals surface area contributed by atoms with E-state index in [2.05, 4.69) is 22.2 Å². The largest absolute Gasteiger partial charge is 0.345 e. The Morgan fingerprint density at radius 3 is 2.56 bits per heavy atom. The highest BCUT2D eigenvalue weighted by atomic mass is 32.2. The van der Waals surface area contributed by atoms with Gasteiger partial charge < -0.3 is 10.2 Å². The van der Waals surface area contributed by atoms with Gasteiger partial charge in [0.1, 0.15) is 0 Å². The molecule has 0 aromatic heterocycles. The highest BCUT2D eigenvalue weighted by molar-refractivity contribution is 8.14. The minimum atomic E-state index is -0.428. The second kappa shape index (κ2) is 7.75. The summed E-state index contributed by atoms with van der Waals surface area (Å²) in [4.78, 5) is 27.5. The van der Waals surface area contributed by atoms with Crippen LogP contribution in [-0.4, -0.2) is 49.0 Å². The van der Waals surface area contributed by atoms with Gasteiger partial charge in [0.2, 0.25) is 0 Å². The molecule has 0 bridgehead atoms. The third-order valence-electron chi connectivity index (χ3n) is 1.37. The minimum absolute atomic E-state index is 0.248. The number of rotatable bonds is 2. The molecule has 16 heavy (non-hydrogen) atoms. The summed E-state index contributed by atoms with van der Waals surface area (Å²) in [7, 11) is 4.65. The van der Waals surface area contributed by atoms with Gasteiger partial charge in [-0.2, -0.15) is 4.99 Å². The number of urea groups is 2. The standard InChI is InChI=1S/C9H16N4O2S/c1-5-6-16-8(11-7(14)10-2)12-9(15)13(3)4/h5H,1,6H2,2-4H3,(H2,10,11,12,14,15). The van der Waals surface area contributed by atoms with Crippen molar-refractivity contribution in [3.05, 3.63) is 12.7 Å². The Labute approximate surface area is 99.2 Å². The molecule has 6 nitrogen and oxygen atoms in total. The van der Waals surface area contributed by atoms with E-state index in [1.54, 1.807) is 20.2 Å². The predicted molar refractivity (Wildman–Crippen MR) is 66.8 cm³/mol. The Morgan fingerprint density at radius 2 is 2.12 bits per heavy atom. The molecule has 0 aromatic rings. The maximum Gasteiger partial charge on any atom is 0.345 e. The number of nitrogens with one attached hydrogen (secondary N) is 2. The zero-order valence-electron chi connectivity index (χ0n) is 9.61. The highest BCUT2D eigenvalue weighted by Gasteiger charge is 2.08. The first-order chi connectivity index (χ1) is 7.51. The van der Waals surface area contributed by atoms with Crippen molar-refractivity contribution in [3.8, 4) is 0 Å². The van der Waals surface area contributed by atoms with Crippen molar-refractivity contribution in [2.24, 2.45) is 4.99 Å². The molecule has 2 N–H and O–H groups in total. The number of aliphatic imine (C=N–C) groups is 1. The van der Waals surface area contributed by atoms with E-state index in [1.807, 2.05) is 0 Å². The van der Waals surface area contributed by atoms with Crippen LogP contribution >= 0.6 is 11.8 Å². The number of nitrogens with zero attached hydrogens (tertiary/aromatic N) is 2. The molecular formula is C9H16N4O2S. The summed E-state index contributed by atoms with van der Waals surface area (Å²) in [5.74, 6) is 0.559. The van der Waals surface area contributed by atoms with Gasteiger partial charge in [0, 0.05) is 26.9 Å². The smallest absolute Gasteiger partial charge is 0.341 e. The predicted octanol–water partition coefficient (Wildman–Crippen LogP) is 0.872. The van der Waals surface area contributed by atoms with Gasteiger partial charge in [-0.3, -0.25) is 5.32 Å². The van der Waals surface area contributed by atoms with Gasteiger partial charge in [-0.15, -0.1) is 6.58 Å². The number of hydrogen-bond donors (Lipinski definition) is 2. The molecule has 0 aliphatic heterocycles. The number of amides is 4. The van der Waals surface area contributed by atoms with Crippen molar-refractivity contribution in [3.63, 3.8) is 0 Å². The molecule has 7 heteroatoms. The van der Waals surface area contributed by atoms with Gasteiger partial charge in [0.15, 0.2) is 5.17 Å². The Bertz CT molecular complexity index is 302. The summed E-state index contributed by atoms with van der Waals surface area (Å²) in [5, 5.41) is 5.08. The quantitative estimate of drug-likeness (QED) is 0.430. The van der Waals surface area contributed by atoms with Gasteiger partial charge >= 0.3 is 12.1 Å². The fourth-order valence-electron chi connectivity index (χ4n) is 0.581. The van der Waals surface area contributed by atoms with E-state index in [1.165, 1.54) is 23.7 Å². The van der Waals surface area contributed by atoms with Gasteiger partial charge in [0.05, 0.1) is 0 Å². The Morgan fingerprint density at radius 1 is 1.50 bits per heavy atom. The van der Waals surface area contributed by atoms with E-state index in [0.717, 1.165) is 0 Å². The second-order valence-electron chi connectivity index (χ2n) is 2.90. The van der Waals surface area contributed by atoms with Crippen molar-refractivity contribution in [2.45, 2.75) is 0 Å². The van der Waals surface area contributed by atoms with Crippen LogP contribution in [-0.2, 0) is 0 Å². The average molecular weight is 244 g/mol. The molecular weight excluding hydrogens is 228 g/mol. The summed E-state index contributed by atoms with van der Waals surface area (Å²) in [6, 6.07) is -0.843. The fourth-order valence-corrected chi connectivity index (χ4v) is 1.16. The molecule has 4 amide bonds. The van der Waals surface area contributed by atoms with Crippen molar-refractivity contribution >= 4 is 29.0 Å². The van der Waals surface area contributed by atoms with Crippen LogP contribution in [0.25, 0.3) is 0 Å². The van der Waals surface area contributed by atoms with Crippen molar-refractivity contribution in [2.75, 3.05) is 26.9 Å². The molecule has 0 saturated heterocycles. The lowest BCUT2D eigenvalue weighted by molar-refractivity contribution is 0.227. The van der Waals surface area contributed by atoms with E-state index in [4.69, 9.17) is 0 Å². The molecule has 0 spiro atoms. The summed E-state index contributed by atoms with van der Waals surface area (Å²) in [5.41, 5.74) is 0. The van der Waals surface area contributed by atoms with Crippen LogP contribution in [0.5, 0.6) is 0 Å². The first-order valence-electron chi connectivity index (χ1n) is 4.53. The average Bonchev–Trinajstić information content (AvgIpc) is 2.25. The number of thioether (sulfide) groups is 1. The van der Waals surface area contributed by atoms with E-state index in [9.17, 15) is 9.59 Å². The minimum Gasteiger partial charge on any atom is -0.341 e. The summed E-state index contributed by atoms with van der Waals surface area (Å²) >= 11 is 1.22. The van der Waals surface area contributed by atoms with Crippen molar-refractivity contribution in [1.29, 1.82) is 0 Å². The Hall–Kier alpha value is -1.50. The first kappa shape index (κ1) is 14.5. The third kappa shape index (κ3) is 6.07. The maximum atomic E-state index is 11.3. The molecule has 0 rings (SSSR count). The Kier molecular flexibility index (Phi) is 7.02. The maximum absolute atomic E-state index is 11.3. The summed E-state index contributed by atoms with van der Waals surface area (Å²) < 4.78 is 0. The lowest BCUT2D eigenvalue weighted by Crippen LogP contribution is -2.37. The second-order valence-corrected chi connectivity index (χ2v) is 3.91. The molecule has 0 saturated carbocycles. The van der Waals surface area contributed by atoms with E-state index in [-0.39, 0.29) is 5.17 Å². The van der Waals surface area contributed by atoms with Gasteiger partial charge in [-0.05, 0) is 0 Å². The Balaban J connectivity index is 4.57. The first-order valence-corrected chi connectivity index (χ1v) is 5.52. The van der Waals surface area contributed by atoms with E-state index < -0.39 is 12.1 Å². The molecule has 0 fully saturated rings. The van der Waals surface area contributed by atoms with E-state index >= 15 is 0 Å². The lowest BCUT2D eigenvalue weighted by atomic mass is 10.8. The lowest BCUT2D eigenvalue weighted by Gasteiger charge is -2.09. The van der Waals surface area contributed by atoms with Crippen LogP contribution in [0.3, 0.4) is 0 Å². The highest BCUT2D eigenvalue weighted by Crippen LogP contribution is 2.03. The summed E-state index contributed by atoms with van der Waals surface area (Å²) in [6.07, 6.45) is 1.66. The van der Waals surface area contributed by atoms with Gasteiger partial charge in [-0.25, -0.2) is 9.59 Å². The topological polar surface area (TPSA) is 73.8 Å². The van der Waals surface area contributed by atoms with Crippen LogP contribution in [0.1, 0.15) is 0 Å². The van der Waals surface area contributed by atoms with Crippen molar-refractivity contribution in [1.82, 2.24) is 15.5 Å². The molecule has 0 aliphatic rings. The summed E-state index contributed by atoms with van der Waals surface area (Å²) in [6.45, 7) is 3.55. The number of carbonyl (C=O) groups excluding carboxylic acids is 2. The van der Waals surface area contributed by atoms with Crippen LogP contribution in [0.15, 0.2) is 17.6 Å². The molecule has 0 atom stereocenters. The molecule has 0 aromatic carbocycles. The molecule has 0 heterocycles. The number of carbonyl (C=O) groups is 2. The zero-order chi connectivity index (χ0) is 12.6. The normalized spacial score (nSPS) is 10.6. The van der Waals surface area contributed by atoms with Gasteiger partial charge in [-0.1, -0.05) is 17.8 Å². The monoisotopic (exact) mass is 244 g/mol. The van der Waals surface area contributed by atoms with Gasteiger partial charge in [0.25, 0.3) is 0 Å². The SMILES string of the molecule is C=CCSC(=NC(=O)N(C)C)NC(=O)NC. The number of hydrogen-bond acceptors (Lipinski definition) is 3. The molecule has 90 valence electrons. The van der Waals surface area contributed by atoms with Crippen LogP contribution < -0.4 is 10.6 Å². The van der Waals surface area contributed by atoms with Crippen molar-refractivity contribution < 1.29 is 9.59 Å². The molecule has 0 radical (unpaired) electrons. The third-order valence-corrected chi connectivity index (χ3v) is 2.23. The number of amidine groups is 1. The molecule has 0 aliphatic carbocycles.